The van der Waals surface area contributed by atoms with Gasteiger partial charge in [-0.3, -0.25) is 10.1 Å². The van der Waals surface area contributed by atoms with E-state index in [0.29, 0.717) is 29.2 Å². The fraction of sp³-hybridized carbons (Fsp3) is 0.308. The second kappa shape index (κ2) is 5.62. The van der Waals surface area contributed by atoms with Crippen molar-refractivity contribution < 1.29 is 9.34 Å². The maximum absolute atomic E-state index is 11.1. The third-order valence-corrected chi connectivity index (χ3v) is 2.83. The van der Waals surface area contributed by atoms with Gasteiger partial charge in [0.25, 0.3) is 5.69 Å². The third kappa shape index (κ3) is 2.79. The molecular weight excluding hydrogens is 246 g/mol. The number of aryl methyl sites for hydroxylation is 1. The molecule has 1 aromatic carbocycles. The number of hydrogen-bond acceptors (Lipinski definition) is 5. The van der Waals surface area contributed by atoms with Crippen molar-refractivity contribution in [1.29, 1.82) is 0 Å². The number of rotatable bonds is 5. The first kappa shape index (κ1) is 13.2. The molecule has 1 heterocycles. The molecule has 2 rings (SSSR count). The number of nitro benzene ring substituents is 1. The quantitative estimate of drug-likeness (QED) is 0.659. The zero-order chi connectivity index (χ0) is 13.8. The van der Waals surface area contributed by atoms with Gasteiger partial charge in [-0.15, -0.1) is 0 Å². The van der Waals surface area contributed by atoms with Crippen LogP contribution in [0.3, 0.4) is 0 Å². The zero-order valence-corrected chi connectivity index (χ0v) is 10.8. The first-order valence-corrected chi connectivity index (χ1v) is 5.97. The van der Waals surface area contributed by atoms with Crippen molar-refractivity contribution in [3.63, 3.8) is 0 Å². The van der Waals surface area contributed by atoms with Crippen molar-refractivity contribution in [3.05, 3.63) is 46.0 Å². The Balaban J connectivity index is 2.39. The van der Waals surface area contributed by atoms with Crippen molar-refractivity contribution in [2.24, 2.45) is 0 Å². The summed E-state index contributed by atoms with van der Waals surface area (Å²) in [5.41, 5.74) is 1.14. The lowest BCUT2D eigenvalue weighted by Crippen LogP contribution is -2.10. The first-order valence-electron chi connectivity index (χ1n) is 5.97. The van der Waals surface area contributed by atoms with Gasteiger partial charge in [-0.2, -0.15) is 0 Å². The highest BCUT2D eigenvalue weighted by atomic mass is 16.6. The number of para-hydroxylation sites is 1. The molecule has 100 valence electrons. The van der Waals surface area contributed by atoms with E-state index in [1.165, 1.54) is 6.20 Å². The van der Waals surface area contributed by atoms with Gasteiger partial charge in [0.05, 0.1) is 16.7 Å². The van der Waals surface area contributed by atoms with E-state index in [-0.39, 0.29) is 10.6 Å². The average Bonchev–Trinajstić information content (AvgIpc) is 2.84. The smallest absolute Gasteiger partial charge is 0.283 e. The molecule has 0 saturated carbocycles. The van der Waals surface area contributed by atoms with Crippen LogP contribution in [0.5, 0.6) is 0 Å². The lowest BCUT2D eigenvalue weighted by Gasteiger charge is -2.02. The van der Waals surface area contributed by atoms with Crippen LogP contribution in [0.4, 0.5) is 5.69 Å². The van der Waals surface area contributed by atoms with Crippen molar-refractivity contribution in [3.8, 4) is 11.3 Å². The Morgan fingerprint density at radius 1 is 1.47 bits per heavy atom. The number of nitrogens with one attached hydrogen (secondary N) is 1. The molecule has 0 unspecified atom stereocenters. The number of likely N-dealkylation sites (N-methyl/N-ethyl adjacent to an activating group) is 1. The number of nitro groups is 1. The van der Waals surface area contributed by atoms with Gasteiger partial charge in [-0.05, 0) is 20.0 Å². The maximum Gasteiger partial charge on any atom is 0.283 e. The molecule has 0 amide bonds. The van der Waals surface area contributed by atoms with Crippen LogP contribution in [0.1, 0.15) is 11.5 Å². The van der Waals surface area contributed by atoms with Gasteiger partial charge in [0.2, 0.25) is 0 Å². The van der Waals surface area contributed by atoms with E-state index in [1.807, 2.05) is 7.05 Å². The Morgan fingerprint density at radius 3 is 2.95 bits per heavy atom. The van der Waals surface area contributed by atoms with Gasteiger partial charge in [-0.1, -0.05) is 12.1 Å². The summed E-state index contributed by atoms with van der Waals surface area (Å²) in [6, 6.07) is 5.15. The third-order valence-electron chi connectivity index (χ3n) is 2.83. The Kier molecular flexibility index (Phi) is 3.91. The monoisotopic (exact) mass is 261 g/mol. The van der Waals surface area contributed by atoms with Crippen molar-refractivity contribution in [2.75, 3.05) is 13.6 Å². The van der Waals surface area contributed by atoms with Crippen molar-refractivity contribution >= 4 is 5.69 Å². The average molecular weight is 261 g/mol. The van der Waals surface area contributed by atoms with Crippen LogP contribution in [0, 0.1) is 17.0 Å². The van der Waals surface area contributed by atoms with E-state index >= 15 is 0 Å². The summed E-state index contributed by atoms with van der Waals surface area (Å²) in [6.45, 7) is 2.45. The first-order chi connectivity index (χ1) is 9.13. The molecule has 0 fully saturated rings. The van der Waals surface area contributed by atoms with Crippen molar-refractivity contribution in [1.82, 2.24) is 10.3 Å². The molecule has 0 aliphatic rings. The fourth-order valence-electron chi connectivity index (χ4n) is 1.88. The number of nitrogens with zero attached hydrogens (tertiary/aromatic N) is 2. The van der Waals surface area contributed by atoms with Crippen LogP contribution < -0.4 is 5.32 Å². The van der Waals surface area contributed by atoms with Crippen LogP contribution in [0.15, 0.2) is 28.8 Å². The van der Waals surface area contributed by atoms with Crippen LogP contribution in [-0.2, 0) is 6.42 Å². The summed E-state index contributed by atoms with van der Waals surface area (Å²) < 4.78 is 5.56. The molecule has 19 heavy (non-hydrogen) atoms. The van der Waals surface area contributed by atoms with Crippen LogP contribution in [-0.4, -0.2) is 23.5 Å². The second-order valence-electron chi connectivity index (χ2n) is 4.20. The van der Waals surface area contributed by atoms with Gasteiger partial charge in [-0.25, -0.2) is 4.98 Å². The Morgan fingerprint density at radius 2 is 2.26 bits per heavy atom. The lowest BCUT2D eigenvalue weighted by atomic mass is 10.1. The molecule has 1 aromatic heterocycles. The molecule has 0 radical (unpaired) electrons. The van der Waals surface area contributed by atoms with Gasteiger partial charge in [0.15, 0.2) is 11.7 Å². The van der Waals surface area contributed by atoms with Gasteiger partial charge in [0, 0.05) is 18.5 Å². The molecule has 6 heteroatoms. The second-order valence-corrected chi connectivity index (χ2v) is 4.20. The largest absolute Gasteiger partial charge is 0.440 e. The molecule has 0 aliphatic carbocycles. The number of benzene rings is 1. The van der Waals surface area contributed by atoms with Gasteiger partial charge in [0.1, 0.15) is 0 Å². The van der Waals surface area contributed by atoms with Crippen LogP contribution in [0.25, 0.3) is 11.3 Å². The Bertz CT molecular complexity index is 593. The summed E-state index contributed by atoms with van der Waals surface area (Å²) in [6.07, 6.45) is 2.18. The molecule has 2 aromatic rings. The summed E-state index contributed by atoms with van der Waals surface area (Å²) in [4.78, 5) is 14.9. The molecule has 0 bridgehead atoms. The van der Waals surface area contributed by atoms with Gasteiger partial charge < -0.3 is 9.73 Å². The van der Waals surface area contributed by atoms with E-state index in [2.05, 4.69) is 10.3 Å². The predicted octanol–water partition coefficient (Wildman–Crippen LogP) is 2.32. The summed E-state index contributed by atoms with van der Waals surface area (Å²) >= 11 is 0. The van der Waals surface area contributed by atoms with Crippen molar-refractivity contribution in [2.45, 2.75) is 13.3 Å². The molecule has 0 spiro atoms. The van der Waals surface area contributed by atoms with Crippen LogP contribution in [0.2, 0.25) is 0 Å². The number of aromatic nitrogens is 1. The minimum Gasteiger partial charge on any atom is -0.440 e. The van der Waals surface area contributed by atoms with E-state index in [4.69, 9.17) is 4.42 Å². The summed E-state index contributed by atoms with van der Waals surface area (Å²) in [5, 5.41) is 14.1. The summed E-state index contributed by atoms with van der Waals surface area (Å²) in [7, 11) is 1.84. The maximum atomic E-state index is 11.1. The molecule has 0 aliphatic heterocycles. The lowest BCUT2D eigenvalue weighted by molar-refractivity contribution is -0.384. The van der Waals surface area contributed by atoms with E-state index < -0.39 is 0 Å². The minimum absolute atomic E-state index is 0.0683. The predicted molar refractivity (Wildman–Crippen MR) is 71.0 cm³/mol. The van der Waals surface area contributed by atoms with E-state index in [9.17, 15) is 10.1 Å². The van der Waals surface area contributed by atoms with E-state index in [0.717, 1.165) is 6.54 Å². The molecule has 0 saturated heterocycles. The fourth-order valence-corrected chi connectivity index (χ4v) is 1.88. The molecular formula is C13H15N3O3. The Hall–Kier alpha value is -2.21. The topological polar surface area (TPSA) is 81.2 Å². The number of hydrogen-bond donors (Lipinski definition) is 1. The normalized spacial score (nSPS) is 10.6. The molecule has 0 atom stereocenters. The summed E-state index contributed by atoms with van der Waals surface area (Å²) in [5.74, 6) is 1.00. The van der Waals surface area contributed by atoms with E-state index in [1.54, 1.807) is 25.1 Å². The highest BCUT2D eigenvalue weighted by molar-refractivity contribution is 5.71. The highest BCUT2D eigenvalue weighted by Gasteiger charge is 2.20. The molecule has 6 nitrogen and oxygen atoms in total. The Labute approximate surface area is 110 Å². The standard InChI is InChI=1S/C13H15N3O3/c1-9-4-3-5-10(13(9)16(17)18)11-8-15-12(19-11)6-7-14-2/h3-5,8,14H,6-7H2,1-2H3. The SMILES string of the molecule is CNCCc1ncc(-c2cccc(C)c2[N+](=O)[O-])o1. The van der Waals surface area contributed by atoms with Gasteiger partial charge >= 0.3 is 0 Å². The van der Waals surface area contributed by atoms with Crippen LogP contribution >= 0.6 is 0 Å². The number of oxazole rings is 1. The molecule has 1 N–H and O–H groups in total. The zero-order valence-electron chi connectivity index (χ0n) is 10.8. The minimum atomic E-state index is -0.388. The highest BCUT2D eigenvalue weighted by Crippen LogP contribution is 2.32.